The van der Waals surface area contributed by atoms with Crippen LogP contribution in [0.1, 0.15) is 44.9 Å². The zero-order chi connectivity index (χ0) is 15.8. The van der Waals surface area contributed by atoms with Gasteiger partial charge in [0.2, 0.25) is 5.91 Å². The van der Waals surface area contributed by atoms with Crippen molar-refractivity contribution >= 4 is 17.3 Å². The molecule has 1 saturated carbocycles. The lowest BCUT2D eigenvalue weighted by Gasteiger charge is -2.22. The van der Waals surface area contributed by atoms with Crippen LogP contribution in [0.2, 0.25) is 0 Å². The molecule has 2 rings (SSSR count). The first-order chi connectivity index (χ1) is 10.6. The highest BCUT2D eigenvalue weighted by Gasteiger charge is 2.15. The van der Waals surface area contributed by atoms with Crippen LogP contribution >= 0.6 is 0 Å². The van der Waals surface area contributed by atoms with E-state index in [1.165, 1.54) is 31.4 Å². The standard InChI is InChI=1S/C16H23N3O3/c20-16(18-14-5-2-1-3-6-14)7-4-12-17-13-8-10-15(11-9-13)19(21)22/h8-11,14,17H,1-7,12H2,(H,18,20). The first kappa shape index (κ1) is 16.3. The maximum absolute atomic E-state index is 11.8. The van der Waals surface area contributed by atoms with Gasteiger partial charge in [0.25, 0.3) is 5.69 Å². The molecule has 2 N–H and O–H groups in total. The van der Waals surface area contributed by atoms with Crippen LogP contribution in [0.25, 0.3) is 0 Å². The number of benzene rings is 1. The summed E-state index contributed by atoms with van der Waals surface area (Å²) in [5.74, 6) is 0.123. The molecule has 0 aromatic heterocycles. The van der Waals surface area contributed by atoms with Crippen LogP contribution in [-0.4, -0.2) is 23.4 Å². The Balaban J connectivity index is 1.61. The molecule has 0 heterocycles. The van der Waals surface area contributed by atoms with Crippen LogP contribution in [0, 0.1) is 10.1 Å². The van der Waals surface area contributed by atoms with E-state index in [2.05, 4.69) is 10.6 Å². The number of nitro benzene ring substituents is 1. The number of nitrogens with one attached hydrogen (secondary N) is 2. The number of hydrogen-bond donors (Lipinski definition) is 2. The van der Waals surface area contributed by atoms with Crippen molar-refractivity contribution in [1.82, 2.24) is 5.32 Å². The van der Waals surface area contributed by atoms with E-state index in [1.807, 2.05) is 0 Å². The first-order valence-electron chi connectivity index (χ1n) is 7.93. The van der Waals surface area contributed by atoms with E-state index in [0.29, 0.717) is 19.0 Å². The average molecular weight is 305 g/mol. The topological polar surface area (TPSA) is 84.3 Å². The van der Waals surface area contributed by atoms with Gasteiger partial charge in [-0.15, -0.1) is 0 Å². The Bertz CT molecular complexity index is 496. The highest BCUT2D eigenvalue weighted by molar-refractivity contribution is 5.76. The molecule has 1 aliphatic carbocycles. The predicted octanol–water partition coefficient (Wildman–Crippen LogP) is 3.24. The Morgan fingerprint density at radius 1 is 1.18 bits per heavy atom. The molecule has 1 fully saturated rings. The fourth-order valence-electron chi connectivity index (χ4n) is 2.73. The first-order valence-corrected chi connectivity index (χ1v) is 7.93. The Morgan fingerprint density at radius 2 is 1.86 bits per heavy atom. The van der Waals surface area contributed by atoms with E-state index < -0.39 is 4.92 Å². The van der Waals surface area contributed by atoms with Gasteiger partial charge in [0.15, 0.2) is 0 Å². The van der Waals surface area contributed by atoms with Gasteiger partial charge in [0.1, 0.15) is 0 Å². The summed E-state index contributed by atoms with van der Waals surface area (Å²) in [5, 5.41) is 16.8. The van der Waals surface area contributed by atoms with Crippen LogP contribution in [-0.2, 0) is 4.79 Å². The summed E-state index contributed by atoms with van der Waals surface area (Å²) >= 11 is 0. The van der Waals surface area contributed by atoms with Crippen molar-refractivity contribution < 1.29 is 9.72 Å². The number of non-ortho nitro benzene ring substituents is 1. The quantitative estimate of drug-likeness (QED) is 0.460. The van der Waals surface area contributed by atoms with E-state index in [-0.39, 0.29) is 11.6 Å². The van der Waals surface area contributed by atoms with Gasteiger partial charge in [-0.2, -0.15) is 0 Å². The molecule has 1 aliphatic rings. The molecule has 0 saturated heterocycles. The lowest BCUT2D eigenvalue weighted by molar-refractivity contribution is -0.384. The Kier molecular flexibility index (Phi) is 6.18. The van der Waals surface area contributed by atoms with Gasteiger partial charge in [-0.3, -0.25) is 14.9 Å². The van der Waals surface area contributed by atoms with Crippen LogP contribution in [0.15, 0.2) is 24.3 Å². The lowest BCUT2D eigenvalue weighted by Crippen LogP contribution is -2.36. The molecule has 120 valence electrons. The van der Waals surface area contributed by atoms with Crippen LogP contribution < -0.4 is 10.6 Å². The van der Waals surface area contributed by atoms with Crippen LogP contribution in [0.3, 0.4) is 0 Å². The number of carbonyl (C=O) groups excluding carboxylic acids is 1. The zero-order valence-electron chi connectivity index (χ0n) is 12.7. The van der Waals surface area contributed by atoms with Gasteiger partial charge in [0, 0.05) is 36.8 Å². The molecular weight excluding hydrogens is 282 g/mol. The molecule has 0 bridgehead atoms. The van der Waals surface area contributed by atoms with Crippen molar-refractivity contribution in [2.24, 2.45) is 0 Å². The minimum Gasteiger partial charge on any atom is -0.385 e. The molecule has 0 radical (unpaired) electrons. The summed E-state index contributed by atoms with van der Waals surface area (Å²) in [5.41, 5.74) is 0.913. The molecule has 6 nitrogen and oxygen atoms in total. The summed E-state index contributed by atoms with van der Waals surface area (Å²) in [6.45, 7) is 0.676. The highest BCUT2D eigenvalue weighted by Crippen LogP contribution is 2.18. The second kappa shape index (κ2) is 8.36. The molecule has 0 atom stereocenters. The molecular formula is C16H23N3O3. The number of hydrogen-bond acceptors (Lipinski definition) is 4. The van der Waals surface area contributed by atoms with Crippen molar-refractivity contribution in [3.8, 4) is 0 Å². The Hall–Kier alpha value is -2.11. The van der Waals surface area contributed by atoms with Crippen molar-refractivity contribution in [1.29, 1.82) is 0 Å². The van der Waals surface area contributed by atoms with Gasteiger partial charge in [-0.25, -0.2) is 0 Å². The number of anilines is 1. The molecule has 22 heavy (non-hydrogen) atoms. The van der Waals surface area contributed by atoms with Gasteiger partial charge in [-0.1, -0.05) is 19.3 Å². The van der Waals surface area contributed by atoms with E-state index in [9.17, 15) is 14.9 Å². The molecule has 6 heteroatoms. The minimum absolute atomic E-state index is 0.0809. The fraction of sp³-hybridized carbons (Fsp3) is 0.562. The molecule has 1 amide bonds. The third-order valence-electron chi connectivity index (χ3n) is 3.96. The van der Waals surface area contributed by atoms with E-state index in [1.54, 1.807) is 12.1 Å². The molecule has 0 spiro atoms. The van der Waals surface area contributed by atoms with Crippen molar-refractivity contribution in [2.45, 2.75) is 51.0 Å². The van der Waals surface area contributed by atoms with Crippen molar-refractivity contribution in [2.75, 3.05) is 11.9 Å². The highest BCUT2D eigenvalue weighted by atomic mass is 16.6. The SMILES string of the molecule is O=C(CCCNc1ccc([N+](=O)[O-])cc1)NC1CCCCC1. The average Bonchev–Trinajstić information content (AvgIpc) is 2.53. The lowest BCUT2D eigenvalue weighted by atomic mass is 9.95. The number of nitro groups is 1. The monoisotopic (exact) mass is 305 g/mol. The molecule has 0 aliphatic heterocycles. The molecule has 1 aromatic carbocycles. The maximum Gasteiger partial charge on any atom is 0.269 e. The van der Waals surface area contributed by atoms with Crippen LogP contribution in [0.5, 0.6) is 0 Å². The third-order valence-corrected chi connectivity index (χ3v) is 3.96. The van der Waals surface area contributed by atoms with E-state index in [4.69, 9.17) is 0 Å². The van der Waals surface area contributed by atoms with Gasteiger partial charge in [0.05, 0.1) is 4.92 Å². The Labute approximate surface area is 130 Å². The third kappa shape index (κ3) is 5.35. The second-order valence-corrected chi connectivity index (χ2v) is 5.74. The van der Waals surface area contributed by atoms with Crippen molar-refractivity contribution in [3.05, 3.63) is 34.4 Å². The van der Waals surface area contributed by atoms with E-state index >= 15 is 0 Å². The fourth-order valence-corrected chi connectivity index (χ4v) is 2.73. The van der Waals surface area contributed by atoms with Crippen LogP contribution in [0.4, 0.5) is 11.4 Å². The molecule has 0 unspecified atom stereocenters. The summed E-state index contributed by atoms with van der Waals surface area (Å²) in [6, 6.07) is 6.67. The van der Waals surface area contributed by atoms with Crippen molar-refractivity contribution in [3.63, 3.8) is 0 Å². The number of carbonyl (C=O) groups is 1. The minimum atomic E-state index is -0.417. The van der Waals surface area contributed by atoms with E-state index in [0.717, 1.165) is 24.9 Å². The zero-order valence-corrected chi connectivity index (χ0v) is 12.7. The second-order valence-electron chi connectivity index (χ2n) is 5.74. The summed E-state index contributed by atoms with van der Waals surface area (Å²) in [6.07, 6.45) is 7.18. The van der Waals surface area contributed by atoms with Gasteiger partial charge >= 0.3 is 0 Å². The summed E-state index contributed by atoms with van der Waals surface area (Å²) in [4.78, 5) is 22.0. The summed E-state index contributed by atoms with van der Waals surface area (Å²) < 4.78 is 0. The number of amides is 1. The normalized spacial score (nSPS) is 15.3. The number of nitrogens with zero attached hydrogens (tertiary/aromatic N) is 1. The predicted molar refractivity (Wildman–Crippen MR) is 85.8 cm³/mol. The smallest absolute Gasteiger partial charge is 0.269 e. The summed E-state index contributed by atoms with van der Waals surface area (Å²) in [7, 11) is 0. The molecule has 1 aromatic rings. The Morgan fingerprint density at radius 3 is 2.50 bits per heavy atom. The maximum atomic E-state index is 11.8. The largest absolute Gasteiger partial charge is 0.385 e. The van der Waals surface area contributed by atoms with Gasteiger partial charge in [-0.05, 0) is 31.4 Å². The number of rotatable bonds is 7. The van der Waals surface area contributed by atoms with Gasteiger partial charge < -0.3 is 10.6 Å².